The largest absolute Gasteiger partial charge is 1.00 e. The molecule has 0 fully saturated rings. The van der Waals surface area contributed by atoms with E-state index in [4.69, 9.17) is 0 Å². The normalized spacial score (nSPS) is 13.4. The van der Waals surface area contributed by atoms with Crippen molar-refractivity contribution in [3.8, 4) is 0 Å². The third kappa shape index (κ3) is 11.0. The van der Waals surface area contributed by atoms with Crippen LogP contribution < -0.4 is 17.0 Å². The molecule has 0 saturated heterocycles. The highest BCUT2D eigenvalue weighted by Crippen LogP contribution is 2.26. The molecule has 2 heteroatoms. The van der Waals surface area contributed by atoms with Gasteiger partial charge in [0.25, 0.3) is 0 Å². The molecule has 0 radical (unpaired) electrons. The molecule has 0 atom stereocenters. The minimum absolute atomic E-state index is 0. The Morgan fingerprint density at radius 1 is 0.559 bits per heavy atom. The van der Waals surface area contributed by atoms with Crippen LogP contribution in [0.3, 0.4) is 0 Å². The van der Waals surface area contributed by atoms with E-state index in [2.05, 4.69) is 32.3 Å². The minimum atomic E-state index is 0. The summed E-state index contributed by atoms with van der Waals surface area (Å²) in [5.41, 5.74) is 8.45. The SMILES string of the molecule is CCCCCCCCCCc1c(C)c(CCCCCCCCCC)c2[n+](c1C)CCCCC2.[Cl-]. The van der Waals surface area contributed by atoms with Gasteiger partial charge in [-0.15, -0.1) is 0 Å². The Morgan fingerprint density at radius 2 is 1.03 bits per heavy atom. The van der Waals surface area contributed by atoms with Gasteiger partial charge in [-0.2, -0.15) is 4.57 Å². The van der Waals surface area contributed by atoms with Crippen molar-refractivity contribution in [2.75, 3.05) is 0 Å². The fraction of sp³-hybridized carbons (Fsp3) is 0.844. The van der Waals surface area contributed by atoms with Crippen LogP contribution in [0.25, 0.3) is 0 Å². The van der Waals surface area contributed by atoms with Crippen LogP contribution in [-0.2, 0) is 25.8 Å². The highest BCUT2D eigenvalue weighted by Gasteiger charge is 2.26. The highest BCUT2D eigenvalue weighted by molar-refractivity contribution is 5.37. The number of halogens is 1. The molecule has 2 rings (SSSR count). The molecule has 1 aliphatic rings. The third-order valence-electron chi connectivity index (χ3n) is 8.28. The van der Waals surface area contributed by atoms with Crippen LogP contribution in [0.4, 0.5) is 0 Å². The summed E-state index contributed by atoms with van der Waals surface area (Å²) in [6.07, 6.45) is 30.8. The van der Waals surface area contributed by atoms with E-state index in [0.717, 1.165) is 0 Å². The van der Waals surface area contributed by atoms with Gasteiger partial charge < -0.3 is 12.4 Å². The average molecular weight is 492 g/mol. The second kappa shape index (κ2) is 19.6. The molecule has 0 amide bonds. The molecule has 1 nitrogen and oxygen atoms in total. The predicted molar refractivity (Wildman–Crippen MR) is 146 cm³/mol. The van der Waals surface area contributed by atoms with Crippen molar-refractivity contribution in [3.63, 3.8) is 0 Å². The van der Waals surface area contributed by atoms with E-state index in [0.29, 0.717) is 0 Å². The number of unbranched alkanes of at least 4 members (excludes halogenated alkanes) is 14. The first-order valence-corrected chi connectivity index (χ1v) is 15.2. The number of nitrogens with zero attached hydrogens (tertiary/aromatic N) is 1. The van der Waals surface area contributed by atoms with Gasteiger partial charge in [-0.3, -0.25) is 0 Å². The van der Waals surface area contributed by atoms with Gasteiger partial charge in [-0.1, -0.05) is 104 Å². The maximum atomic E-state index is 2.76. The van der Waals surface area contributed by atoms with E-state index >= 15 is 0 Å². The molecule has 0 aromatic carbocycles. The molecule has 0 spiro atoms. The van der Waals surface area contributed by atoms with E-state index in [-0.39, 0.29) is 12.4 Å². The van der Waals surface area contributed by atoms with Crippen LogP contribution in [0, 0.1) is 13.8 Å². The predicted octanol–water partition coefficient (Wildman–Crippen LogP) is 6.69. The van der Waals surface area contributed by atoms with E-state index in [9.17, 15) is 0 Å². The Balaban J connectivity index is 0.00000578. The second-order valence-electron chi connectivity index (χ2n) is 11.0. The first-order valence-electron chi connectivity index (χ1n) is 15.2. The summed E-state index contributed by atoms with van der Waals surface area (Å²) in [5.74, 6) is 0. The van der Waals surface area contributed by atoms with Crippen LogP contribution in [0.15, 0.2) is 0 Å². The van der Waals surface area contributed by atoms with Crippen molar-refractivity contribution in [2.45, 2.75) is 175 Å². The Labute approximate surface area is 220 Å². The maximum Gasteiger partial charge on any atom is 0.185 e. The van der Waals surface area contributed by atoms with Gasteiger partial charge in [0.05, 0.1) is 0 Å². The van der Waals surface area contributed by atoms with Crippen LogP contribution in [0.5, 0.6) is 0 Å². The summed E-state index contributed by atoms with van der Waals surface area (Å²) in [6, 6.07) is 0. The van der Waals surface area contributed by atoms with Gasteiger partial charge in [0.2, 0.25) is 0 Å². The fourth-order valence-corrected chi connectivity index (χ4v) is 6.10. The molecule has 1 aromatic heterocycles. The molecule has 0 N–H and O–H groups in total. The highest BCUT2D eigenvalue weighted by atomic mass is 35.5. The van der Waals surface area contributed by atoms with Gasteiger partial charge in [0, 0.05) is 30.9 Å². The average Bonchev–Trinajstić information content (AvgIpc) is 3.07. The van der Waals surface area contributed by atoms with Gasteiger partial charge in [-0.05, 0) is 51.0 Å². The monoisotopic (exact) mass is 491 g/mol. The summed E-state index contributed by atoms with van der Waals surface area (Å²) in [5, 5.41) is 0. The maximum absolute atomic E-state index is 2.76. The quantitative estimate of drug-likeness (QED) is 0.159. The molecular weight excluding hydrogens is 434 g/mol. The van der Waals surface area contributed by atoms with Crippen LogP contribution >= 0.6 is 0 Å². The van der Waals surface area contributed by atoms with E-state index in [1.54, 1.807) is 28.1 Å². The minimum Gasteiger partial charge on any atom is -1.00 e. The Kier molecular flexibility index (Phi) is 18.1. The van der Waals surface area contributed by atoms with Crippen molar-refractivity contribution < 1.29 is 17.0 Å². The topological polar surface area (TPSA) is 3.88 Å². The lowest BCUT2D eigenvalue weighted by Gasteiger charge is -2.18. The van der Waals surface area contributed by atoms with Crippen molar-refractivity contribution >= 4 is 0 Å². The van der Waals surface area contributed by atoms with Crippen molar-refractivity contribution in [2.24, 2.45) is 0 Å². The van der Waals surface area contributed by atoms with Crippen molar-refractivity contribution in [1.29, 1.82) is 0 Å². The molecule has 0 unspecified atom stereocenters. The lowest BCUT2D eigenvalue weighted by atomic mass is 9.90. The Morgan fingerprint density at radius 3 is 1.56 bits per heavy atom. The summed E-state index contributed by atoms with van der Waals surface area (Å²) < 4.78 is 2.76. The third-order valence-corrected chi connectivity index (χ3v) is 8.28. The molecule has 0 saturated carbocycles. The number of pyridine rings is 1. The summed E-state index contributed by atoms with van der Waals surface area (Å²) in [7, 11) is 0. The van der Waals surface area contributed by atoms with Crippen molar-refractivity contribution in [1.82, 2.24) is 0 Å². The van der Waals surface area contributed by atoms with Gasteiger partial charge in [-0.25, -0.2) is 0 Å². The van der Waals surface area contributed by atoms with E-state index in [1.165, 1.54) is 148 Å². The number of aromatic nitrogens is 1. The van der Waals surface area contributed by atoms with Gasteiger partial charge in [0.15, 0.2) is 11.4 Å². The molecule has 1 aliphatic heterocycles. The van der Waals surface area contributed by atoms with Gasteiger partial charge >= 0.3 is 0 Å². The number of rotatable bonds is 18. The summed E-state index contributed by atoms with van der Waals surface area (Å²) in [6.45, 7) is 10.8. The molecule has 0 bridgehead atoms. The van der Waals surface area contributed by atoms with Gasteiger partial charge in [0.1, 0.15) is 6.54 Å². The fourth-order valence-electron chi connectivity index (χ4n) is 6.10. The zero-order chi connectivity index (χ0) is 23.7. The molecule has 0 aliphatic carbocycles. The number of hydrogen-bond acceptors (Lipinski definition) is 0. The Hall–Kier alpha value is -0.560. The molecule has 34 heavy (non-hydrogen) atoms. The molecule has 2 heterocycles. The lowest BCUT2D eigenvalue weighted by Crippen LogP contribution is -3.00. The first-order chi connectivity index (χ1) is 16.2. The Bertz CT molecular complexity index is 651. The van der Waals surface area contributed by atoms with E-state index < -0.39 is 0 Å². The number of hydrogen-bond donors (Lipinski definition) is 0. The lowest BCUT2D eigenvalue weighted by molar-refractivity contribution is -0.709. The second-order valence-corrected chi connectivity index (χ2v) is 11.0. The van der Waals surface area contributed by atoms with Crippen molar-refractivity contribution in [3.05, 3.63) is 28.1 Å². The van der Waals surface area contributed by atoms with Crippen LogP contribution in [-0.4, -0.2) is 0 Å². The smallest absolute Gasteiger partial charge is 0.185 e. The summed E-state index contributed by atoms with van der Waals surface area (Å²) in [4.78, 5) is 0. The van der Waals surface area contributed by atoms with E-state index in [1.807, 2.05) is 0 Å². The zero-order valence-corrected chi connectivity index (χ0v) is 24.3. The molecule has 1 aromatic rings. The number of fused-ring (bicyclic) bond motifs is 1. The zero-order valence-electron chi connectivity index (χ0n) is 23.6. The van der Waals surface area contributed by atoms with Crippen LogP contribution in [0.1, 0.15) is 164 Å². The molecular formula is C32H58ClN. The van der Waals surface area contributed by atoms with Crippen LogP contribution in [0.2, 0.25) is 0 Å². The summed E-state index contributed by atoms with van der Waals surface area (Å²) >= 11 is 0. The molecule has 198 valence electrons. The first kappa shape index (κ1) is 31.5. The standard InChI is InChI=1S/C32H58N.ClH/c1-5-7-9-11-13-15-17-20-24-30-28(3)31(25-21-18-16-14-12-10-8-6-2)32-26-22-19-23-27-33(32)29(30)4;/h5-27H2,1-4H3;1H/q+1;/p-1.